The highest BCUT2D eigenvalue weighted by molar-refractivity contribution is 7.96. The molecule has 0 saturated heterocycles. The summed E-state index contributed by atoms with van der Waals surface area (Å²) in [4.78, 5) is 11.9. The van der Waals surface area contributed by atoms with Crippen LogP contribution in [0, 0.1) is 116 Å². The first-order valence-corrected chi connectivity index (χ1v) is 18.4. The van der Waals surface area contributed by atoms with Crippen molar-refractivity contribution in [2.45, 2.75) is 0 Å². The molecule has 0 aliphatic heterocycles. The number of rotatable bonds is 7. The standard InChI is InChI=1S/C24BF20.C14H15OS/c26-5-1(6(27)14(35)21(42)13(5)34)25(2-7(28)15(36)22(43)16(37)8(2)29,3-9(30)17(38)23(44)18(39)10(3)31)4-11(32)19(40)24(45)20(41)12(4)33;1-16(2)10-14(15)13-8-7-11-5-3-4-6-12(11)9-13/h;3-9H,10H2,1-2H3/q-1;+1. The average molecular weight is 910 g/mol. The molecule has 0 unspecified atom stereocenters. The minimum Gasteiger partial charge on any atom is -0.289 e. The monoisotopic (exact) mass is 910 g/mol. The Morgan fingerprint density at radius 3 is 0.885 bits per heavy atom. The van der Waals surface area contributed by atoms with Crippen LogP contribution in [0.1, 0.15) is 10.4 Å². The Morgan fingerprint density at radius 1 is 0.377 bits per heavy atom. The van der Waals surface area contributed by atoms with Gasteiger partial charge in [0.2, 0.25) is 5.78 Å². The van der Waals surface area contributed by atoms with Gasteiger partial charge in [0.15, 0.2) is 75.6 Å². The molecule has 0 spiro atoms. The van der Waals surface area contributed by atoms with Crippen molar-refractivity contribution in [3.05, 3.63) is 164 Å². The van der Waals surface area contributed by atoms with E-state index in [1.807, 2.05) is 36.4 Å². The lowest BCUT2D eigenvalue weighted by molar-refractivity contribution is 0.102. The van der Waals surface area contributed by atoms with E-state index in [4.69, 9.17) is 0 Å². The van der Waals surface area contributed by atoms with Crippen LogP contribution in [0.5, 0.6) is 0 Å². The van der Waals surface area contributed by atoms with E-state index in [2.05, 4.69) is 18.6 Å². The van der Waals surface area contributed by atoms with Crippen molar-refractivity contribution in [3.8, 4) is 0 Å². The van der Waals surface area contributed by atoms with Gasteiger partial charge in [-0.1, -0.05) is 36.4 Å². The van der Waals surface area contributed by atoms with Gasteiger partial charge in [-0.3, -0.25) is 4.79 Å². The predicted molar refractivity (Wildman–Crippen MR) is 182 cm³/mol. The summed E-state index contributed by atoms with van der Waals surface area (Å²) in [6, 6.07) is 14.1. The fourth-order valence-corrected chi connectivity index (χ4v) is 7.27. The van der Waals surface area contributed by atoms with Crippen LogP contribution in [0.15, 0.2) is 42.5 Å². The van der Waals surface area contributed by atoms with Crippen LogP contribution in [0.2, 0.25) is 0 Å². The first-order chi connectivity index (χ1) is 28.4. The van der Waals surface area contributed by atoms with E-state index in [0.29, 0.717) is 5.75 Å². The quantitative estimate of drug-likeness (QED) is 0.0392. The fourth-order valence-electron chi connectivity index (χ4n) is 6.58. The van der Waals surface area contributed by atoms with E-state index in [0.717, 1.165) is 10.9 Å². The predicted octanol–water partition coefficient (Wildman–Crippen LogP) is 8.75. The Balaban J connectivity index is 0.000000366. The highest BCUT2D eigenvalue weighted by Crippen LogP contribution is 2.31. The van der Waals surface area contributed by atoms with Crippen molar-refractivity contribution < 1.29 is 92.6 Å². The summed E-state index contributed by atoms with van der Waals surface area (Å²) in [7, 11) is 0.171. The second-order valence-corrected chi connectivity index (χ2v) is 15.2. The van der Waals surface area contributed by atoms with Crippen LogP contribution >= 0.6 is 0 Å². The molecule has 322 valence electrons. The fraction of sp³-hybridized carbons (Fsp3) is 0.0789. The van der Waals surface area contributed by atoms with Crippen molar-refractivity contribution in [2.75, 3.05) is 18.3 Å². The summed E-state index contributed by atoms with van der Waals surface area (Å²) in [6.45, 7) is 0. The van der Waals surface area contributed by atoms with Crippen molar-refractivity contribution in [3.63, 3.8) is 0 Å². The number of Topliss-reactive ketones (excluding diaryl/α,β-unsaturated/α-hetero) is 1. The molecule has 23 heteroatoms. The maximum absolute atomic E-state index is 15.4. The minimum absolute atomic E-state index is 0.171. The number of carbonyl (C=O) groups excluding carboxylic acids is 1. The third-order valence-corrected chi connectivity index (χ3v) is 10.0. The van der Waals surface area contributed by atoms with Crippen LogP contribution in [0.25, 0.3) is 10.8 Å². The summed E-state index contributed by atoms with van der Waals surface area (Å²) >= 11 is 0. The number of hydrogen-bond donors (Lipinski definition) is 0. The van der Waals surface area contributed by atoms with Gasteiger partial charge < -0.3 is 0 Å². The zero-order valence-electron chi connectivity index (χ0n) is 29.7. The molecule has 61 heavy (non-hydrogen) atoms. The smallest absolute Gasteiger partial charge is 0.211 e. The first kappa shape index (κ1) is 46.3. The Bertz CT molecular complexity index is 2410. The van der Waals surface area contributed by atoms with Crippen molar-refractivity contribution >= 4 is 55.4 Å². The van der Waals surface area contributed by atoms with Gasteiger partial charge in [-0.2, -0.15) is 0 Å². The molecule has 6 aromatic rings. The summed E-state index contributed by atoms with van der Waals surface area (Å²) in [5.41, 5.74) is -13.5. The maximum Gasteiger partial charge on any atom is 0.211 e. The lowest BCUT2D eigenvalue weighted by Crippen LogP contribution is -2.81. The molecule has 0 radical (unpaired) electrons. The van der Waals surface area contributed by atoms with Gasteiger partial charge in [0, 0.05) is 5.56 Å². The maximum atomic E-state index is 15.4. The molecule has 6 aromatic carbocycles. The largest absolute Gasteiger partial charge is 0.289 e. The van der Waals surface area contributed by atoms with Gasteiger partial charge in [-0.25, -0.2) is 87.8 Å². The SMILES string of the molecule is C[S+](C)CC(=O)c1ccc2ccccc2c1.Fc1c(F)c(F)c([B-](c2c(F)c(F)c(F)c(F)c2F)(c2c(F)c(F)c(F)c(F)c2F)c2c(F)c(F)c(F)c(F)c2F)c(F)c1F. The third-order valence-electron chi connectivity index (χ3n) is 9.20. The normalized spacial score (nSPS) is 11.7. The highest BCUT2D eigenvalue weighted by atomic mass is 32.2. The van der Waals surface area contributed by atoms with Crippen LogP contribution in [0.3, 0.4) is 0 Å². The Morgan fingerprint density at radius 2 is 0.623 bits per heavy atom. The molecular weight excluding hydrogens is 895 g/mol. The van der Waals surface area contributed by atoms with Gasteiger partial charge >= 0.3 is 0 Å². The van der Waals surface area contributed by atoms with E-state index < -0.39 is 144 Å². The molecule has 0 aliphatic rings. The molecule has 0 atom stereocenters. The number of benzene rings is 6. The zero-order valence-corrected chi connectivity index (χ0v) is 30.5. The zero-order chi connectivity index (χ0) is 45.9. The van der Waals surface area contributed by atoms with Crippen molar-refractivity contribution in [1.82, 2.24) is 0 Å². The van der Waals surface area contributed by atoms with Crippen LogP contribution in [-0.2, 0) is 10.9 Å². The summed E-state index contributed by atoms with van der Waals surface area (Å²) in [6.07, 6.45) is -3.02. The topological polar surface area (TPSA) is 17.1 Å². The number of carbonyl (C=O) groups is 1. The van der Waals surface area contributed by atoms with E-state index in [1.54, 1.807) is 0 Å². The Hall–Kier alpha value is -5.74. The van der Waals surface area contributed by atoms with Crippen molar-refractivity contribution in [2.24, 2.45) is 0 Å². The summed E-state index contributed by atoms with van der Waals surface area (Å²) in [5, 5.41) is 2.33. The number of fused-ring (bicyclic) bond motifs is 1. The molecule has 0 heterocycles. The second kappa shape index (κ2) is 17.0. The minimum atomic E-state index is -7.22. The number of halogens is 20. The van der Waals surface area contributed by atoms with E-state index in [-0.39, 0.29) is 16.7 Å². The van der Waals surface area contributed by atoms with Crippen molar-refractivity contribution in [1.29, 1.82) is 0 Å². The van der Waals surface area contributed by atoms with E-state index >= 15 is 35.1 Å². The van der Waals surface area contributed by atoms with Gasteiger partial charge in [0.05, 0.1) is 12.5 Å². The molecule has 0 amide bonds. The average Bonchev–Trinajstić information content (AvgIpc) is 3.23. The molecule has 0 N–H and O–H groups in total. The van der Waals surface area contributed by atoms with Crippen LogP contribution in [-0.4, -0.2) is 30.2 Å². The second-order valence-electron chi connectivity index (χ2n) is 12.9. The first-order valence-electron chi connectivity index (χ1n) is 16.2. The molecule has 0 bridgehead atoms. The molecular formula is C38H15BF20OS. The lowest BCUT2D eigenvalue weighted by atomic mass is 9.12. The molecule has 0 fully saturated rings. The third kappa shape index (κ3) is 7.32. The van der Waals surface area contributed by atoms with Gasteiger partial charge in [-0.05, 0) is 27.7 Å². The van der Waals surface area contributed by atoms with Gasteiger partial charge in [-0.15, -0.1) is 21.9 Å². The van der Waals surface area contributed by atoms with Crippen LogP contribution < -0.4 is 21.9 Å². The van der Waals surface area contributed by atoms with Gasteiger partial charge in [0.1, 0.15) is 52.7 Å². The summed E-state index contributed by atoms with van der Waals surface area (Å²) < 4.78 is 294. The molecule has 6 rings (SSSR count). The number of hydrogen-bond acceptors (Lipinski definition) is 1. The Labute approximate surface area is 330 Å². The Kier molecular flexibility index (Phi) is 12.9. The van der Waals surface area contributed by atoms with Gasteiger partial charge in [0.25, 0.3) is 0 Å². The molecule has 1 nitrogen and oxygen atoms in total. The summed E-state index contributed by atoms with van der Waals surface area (Å²) in [5.74, 6) is -70.5. The molecule has 0 aliphatic carbocycles. The number of ketones is 1. The van der Waals surface area contributed by atoms with E-state index in [9.17, 15) is 57.5 Å². The molecule has 0 saturated carbocycles. The highest BCUT2D eigenvalue weighted by Gasteiger charge is 2.52. The lowest BCUT2D eigenvalue weighted by Gasteiger charge is -2.44. The molecule has 0 aromatic heterocycles. The van der Waals surface area contributed by atoms with Crippen LogP contribution in [0.4, 0.5) is 87.8 Å². The van der Waals surface area contributed by atoms with E-state index in [1.165, 1.54) is 5.39 Å².